The van der Waals surface area contributed by atoms with Gasteiger partial charge in [0.15, 0.2) is 0 Å². The summed E-state index contributed by atoms with van der Waals surface area (Å²) in [7, 11) is -3.54. The topological polar surface area (TPSA) is 86.9 Å². The molecule has 0 unspecified atom stereocenters. The van der Waals surface area contributed by atoms with Gasteiger partial charge in [-0.25, -0.2) is 18.1 Å². The van der Waals surface area contributed by atoms with Crippen LogP contribution in [0.1, 0.15) is 24.6 Å². The highest BCUT2D eigenvalue weighted by Crippen LogP contribution is 2.15. The van der Waals surface area contributed by atoms with E-state index in [1.165, 1.54) is 6.33 Å². The third kappa shape index (κ3) is 4.38. The molecule has 0 saturated carbocycles. The first kappa shape index (κ1) is 15.7. The molecule has 2 aromatic rings. The molecule has 7 heteroatoms. The second-order valence-electron chi connectivity index (χ2n) is 4.69. The molecule has 114 valence electrons. The fourth-order valence-corrected chi connectivity index (χ4v) is 3.19. The maximum absolute atomic E-state index is 12.4. The molecule has 0 saturated heterocycles. The van der Waals surface area contributed by atoms with Crippen molar-refractivity contribution in [3.63, 3.8) is 0 Å². The molecule has 0 bridgehead atoms. The van der Waals surface area contributed by atoms with Gasteiger partial charge in [0.25, 0.3) is 0 Å². The zero-order valence-corrected chi connectivity index (χ0v) is 12.8. The van der Waals surface area contributed by atoms with E-state index < -0.39 is 10.0 Å². The smallest absolute Gasteiger partial charge is 0.241 e. The highest BCUT2D eigenvalue weighted by atomic mass is 32.2. The largest absolute Gasteiger partial charge is 0.347 e. The Balaban J connectivity index is 2.11. The van der Waals surface area contributed by atoms with Crippen LogP contribution in [0.4, 0.5) is 0 Å². The van der Waals surface area contributed by atoms with Crippen LogP contribution in [-0.4, -0.2) is 24.9 Å². The number of hydrogen-bond acceptors (Lipinski definition) is 4. The molecule has 0 fully saturated rings. The third-order valence-electron chi connectivity index (χ3n) is 3.01. The summed E-state index contributed by atoms with van der Waals surface area (Å²) in [5.41, 5.74) is 1.49. The van der Waals surface area contributed by atoms with E-state index in [1.54, 1.807) is 18.3 Å². The van der Waals surface area contributed by atoms with Crippen LogP contribution in [0.3, 0.4) is 0 Å². The fourth-order valence-electron chi connectivity index (χ4n) is 1.94. The predicted molar refractivity (Wildman–Crippen MR) is 81.1 cm³/mol. The molecule has 1 heterocycles. The van der Waals surface area contributed by atoms with Gasteiger partial charge in [-0.2, -0.15) is 0 Å². The lowest BCUT2D eigenvalue weighted by Gasteiger charge is -2.11. The molecular formula is C14H20N4O2S. The van der Waals surface area contributed by atoms with Gasteiger partial charge in [-0.3, -0.25) is 0 Å². The molecule has 0 aliphatic rings. The Morgan fingerprint density at radius 1 is 1.24 bits per heavy atom. The van der Waals surface area contributed by atoms with E-state index in [-0.39, 0.29) is 6.54 Å². The van der Waals surface area contributed by atoms with Gasteiger partial charge in [-0.05, 0) is 24.6 Å². The van der Waals surface area contributed by atoms with Crippen molar-refractivity contribution < 1.29 is 8.42 Å². The molecule has 0 amide bonds. The second kappa shape index (κ2) is 7.35. The van der Waals surface area contributed by atoms with Gasteiger partial charge >= 0.3 is 0 Å². The number of imidazole rings is 1. The van der Waals surface area contributed by atoms with Crippen LogP contribution in [-0.2, 0) is 23.1 Å². The molecule has 0 spiro atoms. The van der Waals surface area contributed by atoms with Gasteiger partial charge in [0.05, 0.1) is 17.8 Å². The van der Waals surface area contributed by atoms with Crippen molar-refractivity contribution in [3.8, 4) is 0 Å². The summed E-state index contributed by atoms with van der Waals surface area (Å²) in [6, 6.07) is 7.02. The highest BCUT2D eigenvalue weighted by molar-refractivity contribution is 7.89. The maximum Gasteiger partial charge on any atom is 0.241 e. The summed E-state index contributed by atoms with van der Waals surface area (Å²) in [4.78, 5) is 7.04. The molecule has 21 heavy (non-hydrogen) atoms. The van der Waals surface area contributed by atoms with Gasteiger partial charge in [0, 0.05) is 18.4 Å². The van der Waals surface area contributed by atoms with Crippen LogP contribution in [0.2, 0.25) is 0 Å². The van der Waals surface area contributed by atoms with Gasteiger partial charge in [0.1, 0.15) is 0 Å². The van der Waals surface area contributed by atoms with E-state index in [0.29, 0.717) is 11.4 Å². The minimum absolute atomic E-state index is 0.194. The summed E-state index contributed by atoms with van der Waals surface area (Å²) >= 11 is 0. The average Bonchev–Trinajstić information content (AvgIpc) is 2.99. The first-order valence-electron chi connectivity index (χ1n) is 6.89. The molecule has 0 aliphatic heterocycles. The first-order valence-corrected chi connectivity index (χ1v) is 8.37. The second-order valence-corrected chi connectivity index (χ2v) is 6.42. The summed E-state index contributed by atoms with van der Waals surface area (Å²) in [6.07, 6.45) is 4.12. The van der Waals surface area contributed by atoms with Crippen molar-refractivity contribution >= 4 is 10.0 Å². The molecular weight excluding hydrogens is 288 g/mol. The molecule has 2 rings (SSSR count). The number of nitrogens with one attached hydrogen (secondary N) is 3. The standard InChI is InChI=1S/C14H20N4O2S/c1-2-7-15-8-12-5-3-4-6-14(12)21(19,20)18-10-13-9-16-11-17-13/h3-6,9,11,15,18H,2,7-8,10H2,1H3,(H,16,17). The molecule has 0 radical (unpaired) electrons. The summed E-state index contributed by atoms with van der Waals surface area (Å²) < 4.78 is 27.4. The number of benzene rings is 1. The zero-order valence-electron chi connectivity index (χ0n) is 12.0. The van der Waals surface area contributed by atoms with Gasteiger partial charge < -0.3 is 10.3 Å². The van der Waals surface area contributed by atoms with Gasteiger partial charge in [0.2, 0.25) is 10.0 Å². The fraction of sp³-hybridized carbons (Fsp3) is 0.357. The van der Waals surface area contributed by atoms with Crippen LogP contribution in [0.25, 0.3) is 0 Å². The number of rotatable bonds is 8. The van der Waals surface area contributed by atoms with Crippen molar-refractivity contribution in [2.24, 2.45) is 0 Å². The van der Waals surface area contributed by atoms with Crippen LogP contribution in [0.15, 0.2) is 41.7 Å². The van der Waals surface area contributed by atoms with E-state index in [4.69, 9.17) is 0 Å². The Labute approximate surface area is 125 Å². The van der Waals surface area contributed by atoms with E-state index >= 15 is 0 Å². The number of nitrogens with zero attached hydrogens (tertiary/aromatic N) is 1. The van der Waals surface area contributed by atoms with E-state index in [0.717, 1.165) is 24.2 Å². The van der Waals surface area contributed by atoms with E-state index in [2.05, 4.69) is 26.9 Å². The number of hydrogen-bond donors (Lipinski definition) is 3. The minimum Gasteiger partial charge on any atom is -0.347 e. The Kier molecular flexibility index (Phi) is 5.49. The lowest BCUT2D eigenvalue weighted by atomic mass is 10.2. The number of H-pyrrole nitrogens is 1. The Bertz CT molecular complexity index is 653. The average molecular weight is 308 g/mol. The molecule has 1 aromatic heterocycles. The van der Waals surface area contributed by atoms with Crippen molar-refractivity contribution in [1.29, 1.82) is 0 Å². The van der Waals surface area contributed by atoms with Gasteiger partial charge in [-0.1, -0.05) is 25.1 Å². The molecule has 0 atom stereocenters. The zero-order chi connectivity index (χ0) is 15.1. The van der Waals surface area contributed by atoms with Crippen molar-refractivity contribution in [2.75, 3.05) is 6.54 Å². The van der Waals surface area contributed by atoms with Crippen molar-refractivity contribution in [1.82, 2.24) is 20.0 Å². The quantitative estimate of drug-likeness (QED) is 0.643. The SMILES string of the molecule is CCCNCc1ccccc1S(=O)(=O)NCc1cnc[nH]1. The number of aromatic nitrogens is 2. The molecule has 1 aromatic carbocycles. The monoisotopic (exact) mass is 308 g/mol. The Morgan fingerprint density at radius 3 is 2.76 bits per heavy atom. The van der Waals surface area contributed by atoms with Crippen LogP contribution >= 0.6 is 0 Å². The molecule has 6 nitrogen and oxygen atoms in total. The minimum atomic E-state index is -3.54. The maximum atomic E-state index is 12.4. The Morgan fingerprint density at radius 2 is 2.05 bits per heavy atom. The lowest BCUT2D eigenvalue weighted by Crippen LogP contribution is -2.25. The normalized spacial score (nSPS) is 11.7. The number of sulfonamides is 1. The summed E-state index contributed by atoms with van der Waals surface area (Å²) in [5, 5.41) is 3.23. The highest BCUT2D eigenvalue weighted by Gasteiger charge is 2.17. The van der Waals surface area contributed by atoms with Crippen molar-refractivity contribution in [2.45, 2.75) is 31.3 Å². The number of aromatic amines is 1. The summed E-state index contributed by atoms with van der Waals surface area (Å²) in [6.45, 7) is 3.66. The van der Waals surface area contributed by atoms with Crippen LogP contribution in [0.5, 0.6) is 0 Å². The third-order valence-corrected chi connectivity index (χ3v) is 4.51. The van der Waals surface area contributed by atoms with Crippen molar-refractivity contribution in [3.05, 3.63) is 48.0 Å². The van der Waals surface area contributed by atoms with Crippen LogP contribution < -0.4 is 10.0 Å². The van der Waals surface area contributed by atoms with E-state index in [9.17, 15) is 8.42 Å². The molecule has 3 N–H and O–H groups in total. The Hall–Kier alpha value is -1.70. The van der Waals surface area contributed by atoms with Crippen LogP contribution in [0, 0.1) is 0 Å². The lowest BCUT2D eigenvalue weighted by molar-refractivity contribution is 0.577. The first-order chi connectivity index (χ1) is 10.1. The predicted octanol–water partition coefficient (Wildman–Crippen LogP) is 1.39. The van der Waals surface area contributed by atoms with E-state index in [1.807, 2.05) is 12.1 Å². The summed E-state index contributed by atoms with van der Waals surface area (Å²) in [5.74, 6) is 0. The van der Waals surface area contributed by atoms with Gasteiger partial charge in [-0.15, -0.1) is 0 Å². The molecule has 0 aliphatic carbocycles.